The second-order valence-corrected chi connectivity index (χ2v) is 1.65. The van der Waals surface area contributed by atoms with Gasteiger partial charge in [-0.05, 0) is 5.56 Å². The molecule has 0 heterocycles. The molecule has 0 unspecified atom stereocenters. The number of carbonyl (C=O) groups is 1. The summed E-state index contributed by atoms with van der Waals surface area (Å²) in [5.41, 5.74) is 0.220. The topological polar surface area (TPSA) is 40.1 Å². The van der Waals surface area contributed by atoms with E-state index in [0.717, 1.165) is 0 Å². The number of halogens is 1. The van der Waals surface area contributed by atoms with Gasteiger partial charge in [0.05, 0.1) is 5.97 Å². The fraction of sp³-hybridized carbons (Fsp3) is 0. The Morgan fingerprint density at radius 1 is 1.18 bits per heavy atom. The molecule has 0 saturated carbocycles. The van der Waals surface area contributed by atoms with E-state index in [1.54, 1.807) is 18.2 Å². The summed E-state index contributed by atoms with van der Waals surface area (Å²) in [6.45, 7) is 0. The van der Waals surface area contributed by atoms with E-state index in [4.69, 9.17) is 0 Å². The van der Waals surface area contributed by atoms with Gasteiger partial charge in [0.1, 0.15) is 0 Å². The van der Waals surface area contributed by atoms with Crippen LogP contribution in [-0.2, 0) is 0 Å². The molecule has 4 heteroatoms. The van der Waals surface area contributed by atoms with E-state index in [9.17, 15) is 9.90 Å². The molecule has 0 spiro atoms. The Morgan fingerprint density at radius 2 is 1.64 bits per heavy atom. The number of rotatable bonds is 1. The summed E-state index contributed by atoms with van der Waals surface area (Å²) in [7, 11) is 0. The standard InChI is InChI=1S/C7H6O2.ClH.K/c8-7(9)6-4-2-1-3-5-6;;/h1-5H,(H,8,9);1H;/q;;+1/p-1. The van der Waals surface area contributed by atoms with Gasteiger partial charge in [-0.3, -0.25) is 0 Å². The van der Waals surface area contributed by atoms with Crippen LogP contribution in [0.5, 0.6) is 0 Å². The van der Waals surface area contributed by atoms with Crippen molar-refractivity contribution in [2.75, 3.05) is 0 Å². The summed E-state index contributed by atoms with van der Waals surface area (Å²) >= 11 is 0. The van der Waals surface area contributed by atoms with Crippen molar-refractivity contribution in [3.8, 4) is 0 Å². The largest absolute Gasteiger partial charge is 1.00 e. The maximum absolute atomic E-state index is 10.1. The average Bonchev–Trinajstić information content (AvgIpc) is 1.90. The first-order chi connectivity index (χ1) is 4.30. The number of hydrogen-bond donors (Lipinski definition) is 0. The molecule has 1 aromatic rings. The molecule has 11 heavy (non-hydrogen) atoms. The third kappa shape index (κ3) is 4.95. The van der Waals surface area contributed by atoms with Gasteiger partial charge < -0.3 is 9.90 Å². The minimum absolute atomic E-state index is 0. The van der Waals surface area contributed by atoms with Crippen molar-refractivity contribution in [3.05, 3.63) is 35.9 Å². The van der Waals surface area contributed by atoms with Gasteiger partial charge in [-0.1, -0.05) is 30.3 Å². The first-order valence-electron chi connectivity index (χ1n) is 2.57. The van der Waals surface area contributed by atoms with Gasteiger partial charge in [0, 0.05) is 0 Å². The minimum atomic E-state index is -1.13. The molecule has 0 aliphatic heterocycles. The molecule has 1 aromatic carbocycles. The first-order valence-corrected chi connectivity index (χ1v) is 2.57. The molecule has 0 aliphatic carbocycles. The molecule has 2 nitrogen and oxygen atoms in total. The summed E-state index contributed by atoms with van der Waals surface area (Å²) in [4.78, 5) is 10.1. The minimum Gasteiger partial charge on any atom is -0.545 e. The van der Waals surface area contributed by atoms with E-state index in [-0.39, 0.29) is 69.4 Å². The molecule has 0 saturated heterocycles. The molecule has 0 amide bonds. The van der Waals surface area contributed by atoms with Crippen LogP contribution < -0.4 is 56.5 Å². The molecular formula is C7H6ClKO2. The Balaban J connectivity index is 0. The zero-order valence-corrected chi connectivity index (χ0v) is 10.1. The van der Waals surface area contributed by atoms with Gasteiger partial charge in [-0.15, -0.1) is 12.4 Å². The second kappa shape index (κ2) is 7.28. The van der Waals surface area contributed by atoms with Crippen molar-refractivity contribution in [3.63, 3.8) is 0 Å². The number of benzene rings is 1. The predicted octanol–water partition coefficient (Wildman–Crippen LogP) is -2.52. The van der Waals surface area contributed by atoms with Crippen LogP contribution in [0, 0.1) is 0 Å². The van der Waals surface area contributed by atoms with Crippen molar-refractivity contribution in [2.24, 2.45) is 0 Å². The van der Waals surface area contributed by atoms with Gasteiger partial charge in [0.15, 0.2) is 0 Å². The molecule has 0 N–H and O–H groups in total. The fourth-order valence-electron chi connectivity index (χ4n) is 0.574. The van der Waals surface area contributed by atoms with Crippen molar-refractivity contribution in [1.29, 1.82) is 0 Å². The number of carbonyl (C=O) groups excluding carboxylic acids is 1. The van der Waals surface area contributed by atoms with Crippen LogP contribution in [0.1, 0.15) is 10.4 Å². The number of carboxylic acids is 1. The second-order valence-electron chi connectivity index (χ2n) is 1.65. The third-order valence-electron chi connectivity index (χ3n) is 1.01. The van der Waals surface area contributed by atoms with Crippen LogP contribution in [0.25, 0.3) is 0 Å². The smallest absolute Gasteiger partial charge is 0.545 e. The monoisotopic (exact) mass is 196 g/mol. The van der Waals surface area contributed by atoms with Crippen molar-refractivity contribution in [2.45, 2.75) is 0 Å². The fourth-order valence-corrected chi connectivity index (χ4v) is 0.574. The van der Waals surface area contributed by atoms with Crippen LogP contribution in [-0.4, -0.2) is 5.97 Å². The quantitative estimate of drug-likeness (QED) is 0.465. The zero-order chi connectivity index (χ0) is 6.69. The molecule has 1 rings (SSSR count). The van der Waals surface area contributed by atoms with Gasteiger partial charge >= 0.3 is 51.4 Å². The molecule has 54 valence electrons. The van der Waals surface area contributed by atoms with Crippen LogP contribution in [0.4, 0.5) is 0 Å². The van der Waals surface area contributed by atoms with Crippen molar-refractivity contribution < 1.29 is 61.3 Å². The molecule has 0 radical (unpaired) electrons. The molecule has 0 aliphatic rings. The van der Waals surface area contributed by atoms with E-state index < -0.39 is 5.97 Å². The Morgan fingerprint density at radius 3 is 1.91 bits per heavy atom. The van der Waals surface area contributed by atoms with Crippen molar-refractivity contribution >= 4 is 18.4 Å². The number of carboxylic acid groups (broad SMARTS) is 1. The Labute approximate surface area is 114 Å². The van der Waals surface area contributed by atoms with E-state index >= 15 is 0 Å². The van der Waals surface area contributed by atoms with Crippen LogP contribution in [0.15, 0.2) is 30.3 Å². The number of hydrogen-bond acceptors (Lipinski definition) is 2. The zero-order valence-electron chi connectivity index (χ0n) is 6.11. The average molecular weight is 197 g/mol. The molecule has 0 atom stereocenters. The van der Waals surface area contributed by atoms with Crippen LogP contribution in [0.2, 0.25) is 0 Å². The van der Waals surface area contributed by atoms with E-state index in [1.807, 2.05) is 0 Å². The first kappa shape index (κ1) is 14.2. The summed E-state index contributed by atoms with van der Waals surface area (Å²) in [5, 5.41) is 10.1. The van der Waals surface area contributed by atoms with E-state index in [1.165, 1.54) is 12.1 Å². The predicted molar refractivity (Wildman–Crippen MR) is 38.0 cm³/mol. The summed E-state index contributed by atoms with van der Waals surface area (Å²) in [5.74, 6) is -1.13. The summed E-state index contributed by atoms with van der Waals surface area (Å²) in [6.07, 6.45) is 0. The van der Waals surface area contributed by atoms with Gasteiger partial charge in [-0.25, -0.2) is 0 Å². The Kier molecular flexibility index (Phi) is 9.36. The van der Waals surface area contributed by atoms with Gasteiger partial charge in [0.25, 0.3) is 0 Å². The van der Waals surface area contributed by atoms with Crippen molar-refractivity contribution in [1.82, 2.24) is 0 Å². The van der Waals surface area contributed by atoms with Gasteiger partial charge in [0.2, 0.25) is 0 Å². The Hall–Kier alpha value is 0.616. The SMILES string of the molecule is Cl.O=C([O-])c1ccccc1.[K+]. The Bertz CT molecular complexity index is 213. The third-order valence-corrected chi connectivity index (χ3v) is 1.01. The number of aromatic carboxylic acids is 1. The molecule has 0 fully saturated rings. The molecular weight excluding hydrogens is 191 g/mol. The summed E-state index contributed by atoms with van der Waals surface area (Å²) < 4.78 is 0. The molecule has 0 aromatic heterocycles. The normalized spacial score (nSPS) is 7.27. The summed E-state index contributed by atoms with van der Waals surface area (Å²) in [6, 6.07) is 8.06. The van der Waals surface area contributed by atoms with Crippen LogP contribution >= 0.6 is 12.4 Å². The van der Waals surface area contributed by atoms with E-state index in [2.05, 4.69) is 0 Å². The van der Waals surface area contributed by atoms with Gasteiger partial charge in [-0.2, -0.15) is 0 Å². The maximum atomic E-state index is 10.1. The maximum Gasteiger partial charge on any atom is 1.00 e. The van der Waals surface area contributed by atoms with E-state index in [0.29, 0.717) is 0 Å². The van der Waals surface area contributed by atoms with Crippen LogP contribution in [0.3, 0.4) is 0 Å². The molecule has 0 bridgehead atoms.